The van der Waals surface area contributed by atoms with Gasteiger partial charge in [-0.1, -0.05) is 33.1 Å². The second-order valence-electron chi connectivity index (χ2n) is 4.89. The zero-order valence-corrected chi connectivity index (χ0v) is 11.1. The van der Waals surface area contributed by atoms with Crippen LogP contribution in [-0.4, -0.2) is 28.3 Å². The van der Waals surface area contributed by atoms with Gasteiger partial charge in [0.1, 0.15) is 0 Å². The van der Waals surface area contributed by atoms with Crippen LogP contribution in [0.25, 0.3) is 0 Å². The van der Waals surface area contributed by atoms with Gasteiger partial charge in [0, 0.05) is 27.8 Å². The third-order valence-electron chi connectivity index (χ3n) is 3.46. The lowest BCUT2D eigenvalue weighted by Gasteiger charge is -2.30. The molecule has 1 N–H and O–H groups in total. The van der Waals surface area contributed by atoms with E-state index in [4.69, 9.17) is 0 Å². The first-order valence-corrected chi connectivity index (χ1v) is 7.57. The van der Waals surface area contributed by atoms with Crippen LogP contribution in [0.3, 0.4) is 0 Å². The molecular weight excluding hydrogens is 206 g/mol. The summed E-state index contributed by atoms with van der Waals surface area (Å²) in [6, 6.07) is 0.466. The van der Waals surface area contributed by atoms with E-state index in [-0.39, 0.29) is 0 Å². The van der Waals surface area contributed by atoms with Crippen molar-refractivity contribution in [3.05, 3.63) is 0 Å². The second kappa shape index (κ2) is 6.64. The molecule has 0 saturated heterocycles. The Morgan fingerprint density at radius 3 is 2.33 bits per heavy atom. The van der Waals surface area contributed by atoms with Crippen molar-refractivity contribution in [3.63, 3.8) is 0 Å². The van der Waals surface area contributed by atoms with Crippen molar-refractivity contribution in [2.24, 2.45) is 5.92 Å². The van der Waals surface area contributed by atoms with Crippen molar-refractivity contribution >= 4 is 10.8 Å². The Balaban J connectivity index is 2.43. The summed E-state index contributed by atoms with van der Waals surface area (Å²) in [6.45, 7) is 4.09. The van der Waals surface area contributed by atoms with Gasteiger partial charge in [0.05, 0.1) is 0 Å². The van der Waals surface area contributed by atoms with Crippen LogP contribution in [0.4, 0.5) is 0 Å². The Hall–Kier alpha value is 0.110. The molecule has 0 aromatic rings. The Kier molecular flexibility index (Phi) is 5.83. The molecule has 1 fully saturated rings. The summed E-state index contributed by atoms with van der Waals surface area (Å²) in [5.74, 6) is 1.59. The molecule has 0 aromatic carbocycles. The minimum atomic E-state index is -0.666. The van der Waals surface area contributed by atoms with Gasteiger partial charge in [0.15, 0.2) is 0 Å². The minimum Gasteiger partial charge on any atom is -0.316 e. The largest absolute Gasteiger partial charge is 0.316 e. The third-order valence-corrected chi connectivity index (χ3v) is 5.20. The lowest BCUT2D eigenvalue weighted by molar-refractivity contribution is 0.293. The topological polar surface area (TPSA) is 29.1 Å². The van der Waals surface area contributed by atoms with E-state index >= 15 is 0 Å². The first kappa shape index (κ1) is 13.2. The minimum absolute atomic E-state index is 0.296. The molecule has 1 saturated carbocycles. The summed E-state index contributed by atoms with van der Waals surface area (Å²) in [5, 5.41) is 3.66. The number of hydrogen-bond donors (Lipinski definition) is 1. The molecule has 2 nitrogen and oxygen atoms in total. The van der Waals surface area contributed by atoms with E-state index in [2.05, 4.69) is 5.32 Å². The van der Waals surface area contributed by atoms with Crippen LogP contribution in [-0.2, 0) is 10.8 Å². The van der Waals surface area contributed by atoms with E-state index in [1.54, 1.807) is 0 Å². The van der Waals surface area contributed by atoms with Crippen molar-refractivity contribution in [1.82, 2.24) is 5.32 Å². The molecule has 0 bridgehead atoms. The van der Waals surface area contributed by atoms with Gasteiger partial charge in [-0.15, -0.1) is 0 Å². The number of nitrogens with one attached hydrogen (secondary N) is 1. The Bertz CT molecular complexity index is 200. The molecule has 0 aromatic heterocycles. The molecule has 15 heavy (non-hydrogen) atoms. The van der Waals surface area contributed by atoms with Gasteiger partial charge in [-0.05, 0) is 25.8 Å². The zero-order chi connectivity index (χ0) is 11.3. The molecule has 0 amide bonds. The molecular formula is C12H25NOS. The number of rotatable bonds is 5. The maximum Gasteiger partial charge on any atom is 0.0394 e. The summed E-state index contributed by atoms with van der Waals surface area (Å²) in [5.41, 5.74) is 0. The lowest BCUT2D eigenvalue weighted by atomic mass is 9.84. The fourth-order valence-electron chi connectivity index (χ4n) is 2.36. The first-order chi connectivity index (χ1) is 7.15. The molecule has 0 heterocycles. The van der Waals surface area contributed by atoms with Gasteiger partial charge in [0.25, 0.3) is 0 Å². The van der Waals surface area contributed by atoms with E-state index in [0.29, 0.717) is 11.3 Å². The van der Waals surface area contributed by atoms with Crippen molar-refractivity contribution in [2.75, 3.05) is 12.8 Å². The van der Waals surface area contributed by atoms with Crippen LogP contribution in [0.1, 0.15) is 46.0 Å². The van der Waals surface area contributed by atoms with Gasteiger partial charge < -0.3 is 5.32 Å². The molecule has 0 radical (unpaired) electrons. The first-order valence-electron chi connectivity index (χ1n) is 6.19. The van der Waals surface area contributed by atoms with Crippen molar-refractivity contribution in [1.29, 1.82) is 0 Å². The molecule has 1 aliphatic rings. The SMILES string of the molecule is CNC(CS(=O)C(C)C)C1CCCCC1. The average Bonchev–Trinajstić information content (AvgIpc) is 2.26. The predicted molar refractivity (Wildman–Crippen MR) is 67.6 cm³/mol. The molecule has 1 rings (SSSR count). The molecule has 1 aliphatic carbocycles. The van der Waals surface area contributed by atoms with E-state index < -0.39 is 10.8 Å². The maximum absolute atomic E-state index is 11.8. The van der Waals surface area contributed by atoms with Crippen molar-refractivity contribution in [3.8, 4) is 0 Å². The van der Waals surface area contributed by atoms with E-state index in [9.17, 15) is 4.21 Å². The highest BCUT2D eigenvalue weighted by atomic mass is 32.2. The highest BCUT2D eigenvalue weighted by Gasteiger charge is 2.24. The van der Waals surface area contributed by atoms with E-state index in [1.807, 2.05) is 20.9 Å². The fourth-order valence-corrected chi connectivity index (χ4v) is 3.54. The van der Waals surface area contributed by atoms with Crippen LogP contribution < -0.4 is 5.32 Å². The van der Waals surface area contributed by atoms with Crippen LogP contribution in [0.5, 0.6) is 0 Å². The summed E-state index contributed by atoms with van der Waals surface area (Å²) in [4.78, 5) is 0. The van der Waals surface area contributed by atoms with Crippen LogP contribution in [0.2, 0.25) is 0 Å². The van der Waals surface area contributed by atoms with Gasteiger partial charge in [0.2, 0.25) is 0 Å². The van der Waals surface area contributed by atoms with Crippen molar-refractivity contribution < 1.29 is 4.21 Å². The molecule has 3 heteroatoms. The molecule has 90 valence electrons. The zero-order valence-electron chi connectivity index (χ0n) is 10.3. The van der Waals surface area contributed by atoms with Gasteiger partial charge in [-0.3, -0.25) is 4.21 Å². The standard InChI is InChI=1S/C12H25NOS/c1-10(2)15(14)9-12(13-3)11-7-5-4-6-8-11/h10-13H,4-9H2,1-3H3. The Morgan fingerprint density at radius 1 is 1.27 bits per heavy atom. The van der Waals surface area contributed by atoms with Crippen molar-refractivity contribution in [2.45, 2.75) is 57.2 Å². The summed E-state index contributed by atoms with van der Waals surface area (Å²) < 4.78 is 11.8. The van der Waals surface area contributed by atoms with Gasteiger partial charge >= 0.3 is 0 Å². The Morgan fingerprint density at radius 2 is 1.87 bits per heavy atom. The lowest BCUT2D eigenvalue weighted by Crippen LogP contribution is -2.40. The molecule has 2 unspecified atom stereocenters. The predicted octanol–water partition coefficient (Wildman–Crippen LogP) is 2.31. The molecule has 2 atom stereocenters. The Labute approximate surface area is 96.7 Å². The summed E-state index contributed by atoms with van der Waals surface area (Å²) >= 11 is 0. The second-order valence-corrected chi connectivity index (χ2v) is 6.93. The van der Waals surface area contributed by atoms with Gasteiger partial charge in [-0.2, -0.15) is 0 Å². The van der Waals surface area contributed by atoms with E-state index in [0.717, 1.165) is 11.7 Å². The normalized spacial score (nSPS) is 22.9. The highest BCUT2D eigenvalue weighted by Crippen LogP contribution is 2.26. The smallest absolute Gasteiger partial charge is 0.0394 e. The monoisotopic (exact) mass is 231 g/mol. The highest BCUT2D eigenvalue weighted by molar-refractivity contribution is 7.85. The summed E-state index contributed by atoms with van der Waals surface area (Å²) in [6.07, 6.45) is 6.75. The third kappa shape index (κ3) is 4.23. The maximum atomic E-state index is 11.8. The average molecular weight is 231 g/mol. The van der Waals surface area contributed by atoms with Crippen LogP contribution in [0, 0.1) is 5.92 Å². The fraction of sp³-hybridized carbons (Fsp3) is 1.00. The van der Waals surface area contributed by atoms with Gasteiger partial charge in [-0.25, -0.2) is 0 Å². The molecule has 0 aliphatic heterocycles. The molecule has 0 spiro atoms. The quantitative estimate of drug-likeness (QED) is 0.787. The van der Waals surface area contributed by atoms with E-state index in [1.165, 1.54) is 32.1 Å². The number of hydrogen-bond acceptors (Lipinski definition) is 2. The summed E-state index contributed by atoms with van der Waals surface area (Å²) in [7, 11) is 1.34. The van der Waals surface area contributed by atoms with Crippen LogP contribution >= 0.6 is 0 Å². The van der Waals surface area contributed by atoms with Crippen LogP contribution in [0.15, 0.2) is 0 Å².